The van der Waals surface area contributed by atoms with Gasteiger partial charge in [0, 0.05) is 11.2 Å². The fraction of sp³-hybridized carbons (Fsp3) is 0.0909. The lowest BCUT2D eigenvalue weighted by atomic mass is 10.3. The Hall–Kier alpha value is -1.57. The molecule has 0 amide bonds. The fourth-order valence-electron chi connectivity index (χ4n) is 1.39. The third-order valence-electron chi connectivity index (χ3n) is 2.41. The van der Waals surface area contributed by atoms with Gasteiger partial charge in [-0.25, -0.2) is 0 Å². The Morgan fingerprint density at radius 2 is 2.10 bits per heavy atom. The topological polar surface area (TPSA) is 87.2 Å². The lowest BCUT2D eigenvalue weighted by molar-refractivity contribution is 0.584. The zero-order valence-corrected chi connectivity index (χ0v) is 12.6. The minimum Gasteiger partial charge on any atom is -0.277 e. The maximum absolute atomic E-state index is 12.1. The number of aromatic amines is 1. The second-order valence-corrected chi connectivity index (χ2v) is 6.31. The van der Waals surface area contributed by atoms with E-state index in [0.29, 0.717) is 16.4 Å². The number of benzene rings is 1. The van der Waals surface area contributed by atoms with E-state index in [9.17, 15) is 8.42 Å². The number of hydrogen-bond acceptors (Lipinski definition) is 4. The molecular weight excluding hydrogens is 323 g/mol. The molecule has 0 saturated carbocycles. The number of hydrazone groups is 1. The van der Waals surface area contributed by atoms with E-state index in [1.165, 1.54) is 18.2 Å². The van der Waals surface area contributed by atoms with Gasteiger partial charge in [-0.3, -0.25) is 5.10 Å². The van der Waals surface area contributed by atoms with Gasteiger partial charge in [0.2, 0.25) is 0 Å². The normalized spacial score (nSPS) is 12.4. The number of aromatic nitrogens is 2. The van der Waals surface area contributed by atoms with Gasteiger partial charge in [-0.15, -0.1) is 0 Å². The summed E-state index contributed by atoms with van der Waals surface area (Å²) in [5.74, 6) is 0. The van der Waals surface area contributed by atoms with E-state index in [2.05, 4.69) is 20.1 Å². The number of hydrogen-bond donors (Lipinski definition) is 2. The molecule has 20 heavy (non-hydrogen) atoms. The Bertz CT molecular complexity index is 742. The Kier molecular flexibility index (Phi) is 4.32. The van der Waals surface area contributed by atoms with Crippen molar-refractivity contribution < 1.29 is 8.42 Å². The van der Waals surface area contributed by atoms with Crippen LogP contribution in [0.2, 0.25) is 10.0 Å². The van der Waals surface area contributed by atoms with Crippen LogP contribution in [-0.2, 0) is 10.0 Å². The first kappa shape index (κ1) is 14.8. The summed E-state index contributed by atoms with van der Waals surface area (Å²) in [6.07, 6.45) is 1.54. The highest BCUT2D eigenvalue weighted by Crippen LogP contribution is 2.24. The van der Waals surface area contributed by atoms with Crippen LogP contribution in [0.3, 0.4) is 0 Å². The molecule has 0 spiro atoms. The zero-order chi connectivity index (χ0) is 14.8. The summed E-state index contributed by atoms with van der Waals surface area (Å²) in [6, 6.07) is 5.77. The van der Waals surface area contributed by atoms with Gasteiger partial charge < -0.3 is 0 Å². The van der Waals surface area contributed by atoms with Gasteiger partial charge in [0.1, 0.15) is 4.90 Å². The minimum absolute atomic E-state index is 0.0272. The van der Waals surface area contributed by atoms with Crippen molar-refractivity contribution >= 4 is 38.9 Å². The number of nitrogens with zero attached hydrogens (tertiary/aromatic N) is 2. The molecule has 106 valence electrons. The first-order chi connectivity index (χ1) is 9.40. The SMILES string of the molecule is C/C(=N/NS(=O)(=O)c1ccc(Cl)cc1Cl)c1ccn[nH]1. The number of H-pyrrole nitrogens is 1. The molecule has 0 fully saturated rings. The molecule has 0 aliphatic rings. The Balaban J connectivity index is 2.26. The average Bonchev–Trinajstić information content (AvgIpc) is 2.89. The molecule has 2 aromatic rings. The second kappa shape index (κ2) is 5.82. The maximum atomic E-state index is 12.1. The molecule has 6 nitrogen and oxygen atoms in total. The molecular formula is C11H10Cl2N4O2S. The third-order valence-corrected chi connectivity index (χ3v) is 4.33. The van der Waals surface area contributed by atoms with E-state index in [1.807, 2.05) is 0 Å². The van der Waals surface area contributed by atoms with Gasteiger partial charge in [-0.05, 0) is 31.2 Å². The summed E-state index contributed by atoms with van der Waals surface area (Å²) in [5.41, 5.74) is 1.05. The van der Waals surface area contributed by atoms with Crippen LogP contribution < -0.4 is 4.83 Å². The summed E-state index contributed by atoms with van der Waals surface area (Å²) in [4.78, 5) is 2.02. The second-order valence-electron chi connectivity index (χ2n) is 3.84. The van der Waals surface area contributed by atoms with E-state index < -0.39 is 10.0 Å². The van der Waals surface area contributed by atoms with Gasteiger partial charge in [0.25, 0.3) is 10.0 Å². The van der Waals surface area contributed by atoms with Crippen LogP contribution in [0.5, 0.6) is 0 Å². The predicted octanol–water partition coefficient (Wildman–Crippen LogP) is 2.42. The molecule has 2 N–H and O–H groups in total. The molecule has 0 atom stereocenters. The van der Waals surface area contributed by atoms with Crippen molar-refractivity contribution in [1.29, 1.82) is 0 Å². The number of nitrogens with one attached hydrogen (secondary N) is 2. The smallest absolute Gasteiger partial charge is 0.277 e. The van der Waals surface area contributed by atoms with Gasteiger partial charge in [0.15, 0.2) is 0 Å². The van der Waals surface area contributed by atoms with Gasteiger partial charge in [-0.1, -0.05) is 23.2 Å². The Labute approximate surface area is 125 Å². The lowest BCUT2D eigenvalue weighted by Gasteiger charge is -2.06. The van der Waals surface area contributed by atoms with Gasteiger partial charge in [-0.2, -0.15) is 23.4 Å². The van der Waals surface area contributed by atoms with Crippen molar-refractivity contribution in [3.63, 3.8) is 0 Å². The molecule has 2 rings (SSSR count). The molecule has 0 aliphatic heterocycles. The summed E-state index contributed by atoms with van der Waals surface area (Å²) < 4.78 is 24.1. The molecule has 1 heterocycles. The molecule has 0 unspecified atom stereocenters. The van der Waals surface area contributed by atoms with Crippen molar-refractivity contribution in [2.24, 2.45) is 5.10 Å². The summed E-state index contributed by atoms with van der Waals surface area (Å²) >= 11 is 11.6. The lowest BCUT2D eigenvalue weighted by Crippen LogP contribution is -2.20. The number of halogens is 2. The van der Waals surface area contributed by atoms with Crippen LogP contribution in [0.15, 0.2) is 40.5 Å². The van der Waals surface area contributed by atoms with Crippen molar-refractivity contribution in [3.05, 3.63) is 46.2 Å². The molecule has 0 bridgehead atoms. The highest BCUT2D eigenvalue weighted by atomic mass is 35.5. The van der Waals surface area contributed by atoms with Crippen molar-refractivity contribution in [3.8, 4) is 0 Å². The fourth-order valence-corrected chi connectivity index (χ4v) is 3.02. The van der Waals surface area contributed by atoms with Crippen LogP contribution in [0, 0.1) is 0 Å². The maximum Gasteiger partial charge on any atom is 0.278 e. The van der Waals surface area contributed by atoms with Crippen molar-refractivity contribution in [2.45, 2.75) is 11.8 Å². The van der Waals surface area contributed by atoms with Gasteiger partial charge >= 0.3 is 0 Å². The Morgan fingerprint density at radius 3 is 2.70 bits per heavy atom. The minimum atomic E-state index is -3.86. The molecule has 1 aromatic heterocycles. The van der Waals surface area contributed by atoms with E-state index in [4.69, 9.17) is 23.2 Å². The highest BCUT2D eigenvalue weighted by Gasteiger charge is 2.17. The summed E-state index contributed by atoms with van der Waals surface area (Å²) in [6.45, 7) is 1.64. The summed E-state index contributed by atoms with van der Waals surface area (Å²) in [5, 5.41) is 10.6. The molecule has 0 aliphatic carbocycles. The quantitative estimate of drug-likeness (QED) is 0.665. The zero-order valence-electron chi connectivity index (χ0n) is 10.3. The van der Waals surface area contributed by atoms with E-state index in [0.717, 1.165) is 0 Å². The standard InChI is InChI=1S/C11H10Cl2N4O2S/c1-7(10-4-5-14-16-10)15-17-20(18,19)11-3-2-8(12)6-9(11)13/h2-6,17H,1H3,(H,14,16)/b15-7-. The van der Waals surface area contributed by atoms with Gasteiger partial charge in [0.05, 0.1) is 16.4 Å². The van der Waals surface area contributed by atoms with E-state index >= 15 is 0 Å². The number of sulfonamides is 1. The first-order valence-electron chi connectivity index (χ1n) is 5.41. The average molecular weight is 333 g/mol. The van der Waals surface area contributed by atoms with Crippen LogP contribution in [0.25, 0.3) is 0 Å². The van der Waals surface area contributed by atoms with E-state index in [-0.39, 0.29) is 9.92 Å². The first-order valence-corrected chi connectivity index (χ1v) is 7.65. The van der Waals surface area contributed by atoms with Crippen molar-refractivity contribution in [1.82, 2.24) is 15.0 Å². The predicted molar refractivity (Wildman–Crippen MR) is 77.6 cm³/mol. The highest BCUT2D eigenvalue weighted by molar-refractivity contribution is 7.89. The number of rotatable bonds is 4. The molecule has 1 aromatic carbocycles. The Morgan fingerprint density at radius 1 is 1.35 bits per heavy atom. The van der Waals surface area contributed by atoms with Crippen LogP contribution in [0.4, 0.5) is 0 Å². The molecule has 0 saturated heterocycles. The monoisotopic (exact) mass is 332 g/mol. The van der Waals surface area contributed by atoms with E-state index in [1.54, 1.807) is 19.2 Å². The van der Waals surface area contributed by atoms with Crippen LogP contribution in [-0.4, -0.2) is 24.3 Å². The largest absolute Gasteiger partial charge is 0.278 e. The summed E-state index contributed by atoms with van der Waals surface area (Å²) in [7, 11) is -3.86. The van der Waals surface area contributed by atoms with Crippen LogP contribution in [0.1, 0.15) is 12.6 Å². The molecule has 9 heteroatoms. The molecule has 0 radical (unpaired) electrons. The van der Waals surface area contributed by atoms with Crippen LogP contribution >= 0.6 is 23.2 Å². The third kappa shape index (κ3) is 3.30. The van der Waals surface area contributed by atoms with Crippen molar-refractivity contribution in [2.75, 3.05) is 0 Å².